The van der Waals surface area contributed by atoms with Gasteiger partial charge in [-0.25, -0.2) is 0 Å². The van der Waals surface area contributed by atoms with Crippen LogP contribution < -0.4 is 5.32 Å². The number of aryl methyl sites for hydroxylation is 1. The predicted molar refractivity (Wildman–Crippen MR) is 90.4 cm³/mol. The smallest absolute Gasteiger partial charge is 0.258 e. The molecule has 0 aliphatic carbocycles. The fourth-order valence-electron chi connectivity index (χ4n) is 2.32. The molecule has 0 bridgehead atoms. The van der Waals surface area contributed by atoms with Crippen LogP contribution in [0.15, 0.2) is 42.5 Å². The maximum absolute atomic E-state index is 12.5. The zero-order valence-corrected chi connectivity index (χ0v) is 13.2. The summed E-state index contributed by atoms with van der Waals surface area (Å²) < 4.78 is 0. The number of carbonyl (C=O) groups is 1. The second kappa shape index (κ2) is 6.66. The van der Waals surface area contributed by atoms with Crippen molar-refractivity contribution in [1.82, 2.24) is 10.2 Å². The Hall–Kier alpha value is -2.27. The maximum atomic E-state index is 12.5. The van der Waals surface area contributed by atoms with Crippen LogP contribution in [0.1, 0.15) is 35.1 Å². The number of hydrogen-bond acceptors (Lipinski definition) is 4. The van der Waals surface area contributed by atoms with E-state index in [1.165, 1.54) is 11.3 Å². The van der Waals surface area contributed by atoms with Crippen molar-refractivity contribution >= 4 is 33.1 Å². The third kappa shape index (κ3) is 3.14. The number of amides is 1. The lowest BCUT2D eigenvalue weighted by Gasteiger charge is -2.05. The lowest BCUT2D eigenvalue weighted by Crippen LogP contribution is -2.12. The zero-order valence-electron chi connectivity index (χ0n) is 12.4. The molecule has 0 aliphatic heterocycles. The van der Waals surface area contributed by atoms with E-state index in [9.17, 15) is 4.79 Å². The minimum Gasteiger partial charge on any atom is -0.296 e. The van der Waals surface area contributed by atoms with Crippen LogP contribution in [-0.4, -0.2) is 16.1 Å². The fourth-order valence-corrected chi connectivity index (χ4v) is 3.10. The molecule has 5 heteroatoms. The Kier molecular flexibility index (Phi) is 4.44. The van der Waals surface area contributed by atoms with Crippen molar-refractivity contribution < 1.29 is 4.79 Å². The van der Waals surface area contributed by atoms with Gasteiger partial charge in [0.1, 0.15) is 5.01 Å². The minimum atomic E-state index is -0.144. The molecule has 0 saturated heterocycles. The van der Waals surface area contributed by atoms with Gasteiger partial charge in [0.15, 0.2) is 0 Å². The third-order valence-corrected chi connectivity index (χ3v) is 4.36. The van der Waals surface area contributed by atoms with Gasteiger partial charge in [-0.05, 0) is 23.3 Å². The molecule has 1 N–H and O–H groups in total. The van der Waals surface area contributed by atoms with E-state index in [-0.39, 0.29) is 5.91 Å². The molecule has 0 radical (unpaired) electrons. The van der Waals surface area contributed by atoms with E-state index in [0.29, 0.717) is 10.7 Å². The molecule has 2 aromatic carbocycles. The van der Waals surface area contributed by atoms with Crippen molar-refractivity contribution in [3.8, 4) is 0 Å². The summed E-state index contributed by atoms with van der Waals surface area (Å²) in [7, 11) is 0. The Balaban J connectivity index is 1.80. The second-order valence-electron chi connectivity index (χ2n) is 5.09. The Bertz CT molecular complexity index is 792. The van der Waals surface area contributed by atoms with Crippen molar-refractivity contribution in [3.05, 3.63) is 53.0 Å². The molecule has 0 atom stereocenters. The fraction of sp³-hybridized carbons (Fsp3) is 0.235. The van der Waals surface area contributed by atoms with Gasteiger partial charge < -0.3 is 0 Å². The van der Waals surface area contributed by atoms with Crippen LogP contribution in [-0.2, 0) is 6.42 Å². The number of nitrogens with one attached hydrogen (secondary N) is 1. The second-order valence-corrected chi connectivity index (χ2v) is 6.15. The van der Waals surface area contributed by atoms with Gasteiger partial charge in [-0.3, -0.25) is 10.1 Å². The topological polar surface area (TPSA) is 54.9 Å². The van der Waals surface area contributed by atoms with Crippen LogP contribution in [0, 0.1) is 0 Å². The quantitative estimate of drug-likeness (QED) is 0.765. The number of aromatic nitrogens is 2. The van der Waals surface area contributed by atoms with Crippen molar-refractivity contribution in [3.63, 3.8) is 0 Å². The van der Waals surface area contributed by atoms with E-state index in [1.807, 2.05) is 42.5 Å². The molecule has 0 aliphatic rings. The summed E-state index contributed by atoms with van der Waals surface area (Å²) in [5.74, 6) is -0.144. The number of carbonyl (C=O) groups excluding carboxylic acids is 1. The maximum Gasteiger partial charge on any atom is 0.258 e. The van der Waals surface area contributed by atoms with Crippen molar-refractivity contribution in [1.29, 1.82) is 0 Å². The highest BCUT2D eigenvalue weighted by atomic mass is 32.1. The summed E-state index contributed by atoms with van der Waals surface area (Å²) in [5.41, 5.74) is 0.656. The third-order valence-electron chi connectivity index (χ3n) is 3.47. The first-order valence-electron chi connectivity index (χ1n) is 7.39. The van der Waals surface area contributed by atoms with Gasteiger partial charge in [-0.1, -0.05) is 61.1 Å². The Morgan fingerprint density at radius 3 is 2.82 bits per heavy atom. The molecule has 1 aromatic heterocycles. The van der Waals surface area contributed by atoms with Gasteiger partial charge in [0.25, 0.3) is 5.91 Å². The molecule has 0 saturated carbocycles. The summed E-state index contributed by atoms with van der Waals surface area (Å²) in [6.07, 6.45) is 3.13. The number of anilines is 1. The molecular weight excluding hydrogens is 294 g/mol. The Labute approximate surface area is 133 Å². The molecule has 3 aromatic rings. The lowest BCUT2D eigenvalue weighted by molar-refractivity contribution is 0.102. The first-order chi connectivity index (χ1) is 10.8. The van der Waals surface area contributed by atoms with Gasteiger partial charge in [-0.2, -0.15) is 0 Å². The summed E-state index contributed by atoms with van der Waals surface area (Å²) in [6, 6.07) is 13.6. The van der Waals surface area contributed by atoms with E-state index in [0.717, 1.165) is 35.0 Å². The van der Waals surface area contributed by atoms with E-state index >= 15 is 0 Å². The van der Waals surface area contributed by atoms with Crippen LogP contribution in [0.3, 0.4) is 0 Å². The SMILES string of the molecule is CCCCc1nnc(NC(=O)c2cccc3ccccc23)s1. The van der Waals surface area contributed by atoms with E-state index in [2.05, 4.69) is 22.4 Å². The average Bonchev–Trinajstić information content (AvgIpc) is 2.99. The van der Waals surface area contributed by atoms with E-state index < -0.39 is 0 Å². The molecule has 112 valence electrons. The highest BCUT2D eigenvalue weighted by molar-refractivity contribution is 7.15. The van der Waals surface area contributed by atoms with Gasteiger partial charge in [0, 0.05) is 12.0 Å². The van der Waals surface area contributed by atoms with Crippen LogP contribution in [0.4, 0.5) is 5.13 Å². The average molecular weight is 311 g/mol. The number of nitrogens with zero attached hydrogens (tertiary/aromatic N) is 2. The molecule has 0 spiro atoms. The van der Waals surface area contributed by atoms with Crippen LogP contribution in [0.25, 0.3) is 10.8 Å². The summed E-state index contributed by atoms with van der Waals surface area (Å²) in [5, 5.41) is 14.5. The Morgan fingerprint density at radius 2 is 1.95 bits per heavy atom. The summed E-state index contributed by atoms with van der Waals surface area (Å²) >= 11 is 1.45. The standard InChI is InChI=1S/C17H17N3OS/c1-2-3-11-15-19-20-17(22-15)18-16(21)14-10-6-8-12-7-4-5-9-13(12)14/h4-10H,2-3,11H2,1H3,(H,18,20,21). The highest BCUT2D eigenvalue weighted by Gasteiger charge is 2.12. The first kappa shape index (κ1) is 14.7. The van der Waals surface area contributed by atoms with E-state index in [4.69, 9.17) is 0 Å². The van der Waals surface area contributed by atoms with Crippen molar-refractivity contribution in [2.24, 2.45) is 0 Å². The zero-order chi connectivity index (χ0) is 15.4. The minimum absolute atomic E-state index is 0.144. The lowest BCUT2D eigenvalue weighted by atomic mass is 10.0. The molecule has 0 unspecified atom stereocenters. The summed E-state index contributed by atoms with van der Waals surface area (Å²) in [6.45, 7) is 2.14. The first-order valence-corrected chi connectivity index (χ1v) is 8.21. The van der Waals surface area contributed by atoms with Crippen LogP contribution >= 0.6 is 11.3 Å². The molecule has 1 amide bonds. The largest absolute Gasteiger partial charge is 0.296 e. The van der Waals surface area contributed by atoms with Crippen molar-refractivity contribution in [2.75, 3.05) is 5.32 Å². The number of fused-ring (bicyclic) bond motifs is 1. The van der Waals surface area contributed by atoms with Gasteiger partial charge in [0.2, 0.25) is 5.13 Å². The number of benzene rings is 2. The normalized spacial score (nSPS) is 10.8. The molecule has 1 heterocycles. The monoisotopic (exact) mass is 311 g/mol. The van der Waals surface area contributed by atoms with Crippen molar-refractivity contribution in [2.45, 2.75) is 26.2 Å². The molecule has 22 heavy (non-hydrogen) atoms. The molecule has 0 fully saturated rings. The number of rotatable bonds is 5. The van der Waals surface area contributed by atoms with Gasteiger partial charge >= 0.3 is 0 Å². The highest BCUT2D eigenvalue weighted by Crippen LogP contribution is 2.21. The summed E-state index contributed by atoms with van der Waals surface area (Å²) in [4.78, 5) is 12.5. The molecule has 3 rings (SSSR count). The van der Waals surface area contributed by atoms with Crippen LogP contribution in [0.2, 0.25) is 0 Å². The Morgan fingerprint density at radius 1 is 1.14 bits per heavy atom. The van der Waals surface area contributed by atoms with Gasteiger partial charge in [0.05, 0.1) is 0 Å². The molecular formula is C17H17N3OS. The number of unbranched alkanes of at least 4 members (excludes halogenated alkanes) is 1. The molecule has 4 nitrogen and oxygen atoms in total. The van der Waals surface area contributed by atoms with E-state index in [1.54, 1.807) is 0 Å². The number of hydrogen-bond donors (Lipinski definition) is 1. The predicted octanol–water partition coefficient (Wildman–Crippen LogP) is 4.29. The van der Waals surface area contributed by atoms with Gasteiger partial charge in [-0.15, -0.1) is 10.2 Å². The van der Waals surface area contributed by atoms with Crippen LogP contribution in [0.5, 0.6) is 0 Å².